The standard InChI is InChI=1S/C35H47F5N2O3Si/c1-21(15-16-44-46(9,10)34(6,7)8)23-18-26(36)29(27(37)19-23)31-30-25(17-22(2)41(31)20-35(38,39)40)24-13-11-12-14-28(24)42(30)32(43)45-33(3,4)5/h11-14,18-19,21-22,31H,15-17,20H2,1-10H3/t21?,22-,31-/m1/s1. The van der Waals surface area contributed by atoms with Crippen LogP contribution >= 0.6 is 0 Å². The molecule has 4 rings (SSSR count). The van der Waals surface area contributed by atoms with Crippen LogP contribution < -0.4 is 0 Å². The maximum atomic E-state index is 16.3. The van der Waals surface area contributed by atoms with Gasteiger partial charge in [-0.25, -0.2) is 18.1 Å². The Morgan fingerprint density at radius 2 is 1.61 bits per heavy atom. The molecule has 0 N–H and O–H groups in total. The highest BCUT2D eigenvalue weighted by Gasteiger charge is 2.46. The quantitative estimate of drug-likeness (QED) is 0.186. The van der Waals surface area contributed by atoms with Crippen LogP contribution in [-0.4, -0.2) is 54.8 Å². The van der Waals surface area contributed by atoms with Crippen LogP contribution in [0.5, 0.6) is 0 Å². The van der Waals surface area contributed by atoms with Gasteiger partial charge in [-0.3, -0.25) is 4.90 Å². The summed E-state index contributed by atoms with van der Waals surface area (Å²) < 4.78 is 88.0. The number of hydrogen-bond donors (Lipinski definition) is 0. The van der Waals surface area contributed by atoms with Gasteiger partial charge in [-0.05, 0) is 93.9 Å². The van der Waals surface area contributed by atoms with Crippen molar-refractivity contribution in [2.24, 2.45) is 0 Å². The number of rotatable bonds is 7. The Bertz CT molecular complexity index is 1560. The smallest absolute Gasteiger partial charge is 0.419 e. The van der Waals surface area contributed by atoms with Crippen molar-refractivity contribution in [2.45, 2.75) is 116 Å². The normalized spacial score (nSPS) is 18.9. The molecule has 11 heteroatoms. The van der Waals surface area contributed by atoms with Crippen molar-refractivity contribution in [2.75, 3.05) is 13.2 Å². The van der Waals surface area contributed by atoms with E-state index in [1.54, 1.807) is 52.0 Å². The van der Waals surface area contributed by atoms with Crippen LogP contribution in [0.1, 0.15) is 96.2 Å². The van der Waals surface area contributed by atoms with Gasteiger partial charge in [0.25, 0.3) is 0 Å². The first-order valence-electron chi connectivity index (χ1n) is 15.8. The van der Waals surface area contributed by atoms with E-state index in [4.69, 9.17) is 9.16 Å². The molecule has 0 aliphatic carbocycles. The molecule has 1 aromatic heterocycles. The first-order valence-corrected chi connectivity index (χ1v) is 18.7. The summed E-state index contributed by atoms with van der Waals surface area (Å²) in [6.07, 6.45) is -4.84. The minimum Gasteiger partial charge on any atom is -0.443 e. The molecular weight excluding hydrogens is 619 g/mol. The fourth-order valence-corrected chi connectivity index (χ4v) is 7.00. The number of hydrogen-bond acceptors (Lipinski definition) is 4. The average Bonchev–Trinajstić information content (AvgIpc) is 3.21. The molecule has 1 unspecified atom stereocenters. The molecule has 3 atom stereocenters. The molecule has 0 fully saturated rings. The summed E-state index contributed by atoms with van der Waals surface area (Å²) in [7, 11) is -2.02. The Morgan fingerprint density at radius 1 is 1.02 bits per heavy atom. The summed E-state index contributed by atoms with van der Waals surface area (Å²) in [5.74, 6) is -2.21. The molecule has 0 amide bonds. The van der Waals surface area contributed by atoms with E-state index in [9.17, 15) is 18.0 Å². The highest BCUT2D eigenvalue weighted by molar-refractivity contribution is 6.74. The number of aromatic nitrogens is 1. The molecule has 3 aromatic rings. The topological polar surface area (TPSA) is 43.7 Å². The van der Waals surface area contributed by atoms with Crippen molar-refractivity contribution >= 4 is 25.3 Å². The van der Waals surface area contributed by atoms with Crippen molar-refractivity contribution < 1.29 is 35.9 Å². The zero-order valence-corrected chi connectivity index (χ0v) is 29.5. The highest BCUT2D eigenvalue weighted by Crippen LogP contribution is 2.46. The van der Waals surface area contributed by atoms with E-state index in [1.165, 1.54) is 16.7 Å². The summed E-state index contributed by atoms with van der Waals surface area (Å²) in [6, 6.07) is 7.01. The molecule has 5 nitrogen and oxygen atoms in total. The largest absolute Gasteiger partial charge is 0.443 e. The van der Waals surface area contributed by atoms with Crippen molar-refractivity contribution in [1.29, 1.82) is 0 Å². The monoisotopic (exact) mass is 666 g/mol. The molecule has 0 bridgehead atoms. The molecule has 254 valence electrons. The Labute approximate surface area is 270 Å². The first kappa shape index (κ1) is 36.1. The third kappa shape index (κ3) is 7.52. The second-order valence-corrected chi connectivity index (χ2v) is 19.9. The van der Waals surface area contributed by atoms with E-state index < -0.39 is 62.0 Å². The van der Waals surface area contributed by atoms with Gasteiger partial charge in [0.2, 0.25) is 0 Å². The van der Waals surface area contributed by atoms with Gasteiger partial charge >= 0.3 is 12.3 Å². The predicted octanol–water partition coefficient (Wildman–Crippen LogP) is 10.1. The average molecular weight is 667 g/mol. The Kier molecular flexibility index (Phi) is 9.95. The zero-order chi connectivity index (χ0) is 34.6. The van der Waals surface area contributed by atoms with Crippen molar-refractivity contribution in [3.8, 4) is 0 Å². The van der Waals surface area contributed by atoms with Gasteiger partial charge in [-0.1, -0.05) is 45.9 Å². The van der Waals surface area contributed by atoms with Crippen LogP contribution in [0.3, 0.4) is 0 Å². The van der Waals surface area contributed by atoms with Crippen molar-refractivity contribution in [1.82, 2.24) is 9.47 Å². The van der Waals surface area contributed by atoms with Gasteiger partial charge in [0, 0.05) is 23.6 Å². The van der Waals surface area contributed by atoms with Gasteiger partial charge in [0.1, 0.15) is 17.2 Å². The van der Waals surface area contributed by atoms with Gasteiger partial charge in [-0.2, -0.15) is 13.2 Å². The molecule has 0 saturated carbocycles. The highest BCUT2D eigenvalue weighted by atomic mass is 28.4. The summed E-state index contributed by atoms with van der Waals surface area (Å²) in [4.78, 5) is 14.7. The lowest BCUT2D eigenvalue weighted by Crippen LogP contribution is -2.48. The number of ether oxygens (including phenoxy) is 1. The fourth-order valence-electron chi connectivity index (χ4n) is 5.94. The minimum absolute atomic E-state index is 0.0101. The SMILES string of the molecule is CC(CCO[Si](C)(C)C(C)(C)C)c1cc(F)c([C@@H]2c3c(c4ccccc4n3C(=O)OC(C)(C)C)C[C@@H](C)N2CC(F)(F)F)c(F)c1. The Morgan fingerprint density at radius 3 is 2.15 bits per heavy atom. The van der Waals surface area contributed by atoms with E-state index in [-0.39, 0.29) is 23.1 Å². The number of para-hydroxylation sites is 1. The van der Waals surface area contributed by atoms with Crippen LogP contribution in [0.15, 0.2) is 36.4 Å². The lowest BCUT2D eigenvalue weighted by molar-refractivity contribution is -0.155. The van der Waals surface area contributed by atoms with Crippen molar-refractivity contribution in [3.05, 3.63) is 70.4 Å². The van der Waals surface area contributed by atoms with Crippen LogP contribution in [0.2, 0.25) is 18.1 Å². The van der Waals surface area contributed by atoms with Gasteiger partial charge in [0.15, 0.2) is 8.32 Å². The summed E-state index contributed by atoms with van der Waals surface area (Å²) >= 11 is 0. The number of carbonyl (C=O) groups excluding carboxylic acids is 1. The van der Waals surface area contributed by atoms with Crippen LogP contribution in [0, 0.1) is 11.6 Å². The zero-order valence-electron chi connectivity index (χ0n) is 28.5. The summed E-state index contributed by atoms with van der Waals surface area (Å²) in [5, 5.41) is 0.635. The Hall–Kier alpha value is -2.76. The molecule has 46 heavy (non-hydrogen) atoms. The summed E-state index contributed by atoms with van der Waals surface area (Å²) in [6.45, 7) is 18.1. The third-order valence-corrected chi connectivity index (χ3v) is 13.9. The molecule has 1 aliphatic rings. The molecular formula is C35H47F5N2O3Si. The van der Waals surface area contributed by atoms with E-state index in [1.807, 2.05) is 6.92 Å². The number of carbonyl (C=O) groups is 1. The van der Waals surface area contributed by atoms with E-state index >= 15 is 8.78 Å². The van der Waals surface area contributed by atoms with Crippen LogP contribution in [0.25, 0.3) is 10.9 Å². The molecule has 0 radical (unpaired) electrons. The lowest BCUT2D eigenvalue weighted by Gasteiger charge is -2.42. The summed E-state index contributed by atoms with van der Waals surface area (Å²) in [5.41, 5.74) is -0.0212. The van der Waals surface area contributed by atoms with Crippen LogP contribution in [-0.2, 0) is 15.6 Å². The first-order chi connectivity index (χ1) is 21.0. The van der Waals surface area contributed by atoms with E-state index in [2.05, 4.69) is 33.9 Å². The third-order valence-electron chi connectivity index (χ3n) is 9.38. The van der Waals surface area contributed by atoms with Gasteiger partial charge in [-0.15, -0.1) is 0 Å². The lowest BCUT2D eigenvalue weighted by atomic mass is 9.86. The predicted molar refractivity (Wildman–Crippen MR) is 174 cm³/mol. The van der Waals surface area contributed by atoms with Gasteiger partial charge in [0.05, 0.1) is 23.8 Å². The van der Waals surface area contributed by atoms with Gasteiger partial charge < -0.3 is 9.16 Å². The number of benzene rings is 2. The Balaban J connectivity index is 1.85. The molecule has 0 saturated heterocycles. The maximum Gasteiger partial charge on any atom is 0.419 e. The number of halogens is 5. The minimum atomic E-state index is -4.67. The maximum absolute atomic E-state index is 16.3. The molecule has 2 heterocycles. The van der Waals surface area contributed by atoms with E-state index in [0.717, 1.165) is 4.90 Å². The number of alkyl halides is 3. The second kappa shape index (κ2) is 12.7. The molecule has 0 spiro atoms. The fraction of sp³-hybridized carbons (Fsp3) is 0.571. The van der Waals surface area contributed by atoms with E-state index in [0.29, 0.717) is 35.1 Å². The second-order valence-electron chi connectivity index (χ2n) is 15.1. The molecule has 2 aromatic carbocycles. The number of fused-ring (bicyclic) bond motifs is 3. The molecule has 1 aliphatic heterocycles. The van der Waals surface area contributed by atoms with Crippen LogP contribution in [0.4, 0.5) is 26.7 Å². The van der Waals surface area contributed by atoms with Crippen molar-refractivity contribution in [3.63, 3.8) is 0 Å². The number of nitrogens with zero attached hydrogens (tertiary/aromatic N) is 2.